The third kappa shape index (κ3) is 2.96. The molecule has 0 saturated carbocycles. The molecule has 0 aromatic heterocycles. The van der Waals surface area contributed by atoms with Crippen LogP contribution in [-0.2, 0) is 11.2 Å². The predicted molar refractivity (Wildman–Crippen MR) is 91.5 cm³/mol. The first kappa shape index (κ1) is 18.3. The van der Waals surface area contributed by atoms with Crippen molar-refractivity contribution in [1.29, 1.82) is 0 Å². The number of amides is 3. The number of nitrogens with zero attached hydrogens (tertiary/aromatic N) is 2. The minimum atomic E-state index is -1.70. The lowest BCUT2D eigenvalue weighted by molar-refractivity contribution is -0.139. The molecule has 3 amide bonds. The van der Waals surface area contributed by atoms with Gasteiger partial charge in [-0.05, 0) is 35.7 Å². The summed E-state index contributed by atoms with van der Waals surface area (Å²) >= 11 is 0. The number of fused-ring (bicyclic) bond motifs is 3. The summed E-state index contributed by atoms with van der Waals surface area (Å²) in [7, 11) is 0. The Bertz CT molecular complexity index is 982. The number of nitrogens with one attached hydrogen (secondary N) is 1. The zero-order chi connectivity index (χ0) is 20.0. The zero-order valence-corrected chi connectivity index (χ0v) is 14.5. The third-order valence-electron chi connectivity index (χ3n) is 5.10. The number of hydrogen-bond donors (Lipinski definition) is 1. The number of halogens is 4. The maximum atomic E-state index is 14.1. The van der Waals surface area contributed by atoms with Crippen molar-refractivity contribution in [2.75, 3.05) is 25.0 Å². The summed E-state index contributed by atoms with van der Waals surface area (Å²) in [6.07, 6.45) is 0.385. The number of rotatable bonds is 1. The second kappa shape index (κ2) is 6.81. The largest absolute Gasteiger partial charge is 0.332 e. The van der Waals surface area contributed by atoms with Crippen LogP contribution < -0.4 is 5.32 Å². The molecule has 1 saturated heterocycles. The lowest BCUT2D eigenvalue weighted by atomic mass is 9.90. The van der Waals surface area contributed by atoms with Crippen molar-refractivity contribution in [2.24, 2.45) is 0 Å². The minimum Gasteiger partial charge on any atom is -0.332 e. The Balaban J connectivity index is 1.58. The standard InChI is InChI=1S/C19H15F4N3O2/c20-12-3-1-2-11-10(12)6-7-26-15(11)8-25(9-16(26)27)19(28)24-14-5-4-13(21)17(22)18(14)23/h1-5,15H,6-9H2,(H,24,28)/t15-/m0/s1. The van der Waals surface area contributed by atoms with Gasteiger partial charge in [-0.2, -0.15) is 0 Å². The van der Waals surface area contributed by atoms with Gasteiger partial charge in [0.1, 0.15) is 12.4 Å². The van der Waals surface area contributed by atoms with E-state index in [-0.39, 0.29) is 24.8 Å². The van der Waals surface area contributed by atoms with Crippen LogP contribution in [0.15, 0.2) is 30.3 Å². The summed E-state index contributed by atoms with van der Waals surface area (Å²) in [5.74, 6) is -5.29. The molecule has 0 spiro atoms. The molecule has 4 rings (SSSR count). The van der Waals surface area contributed by atoms with Gasteiger partial charge in [-0.15, -0.1) is 0 Å². The molecule has 9 heteroatoms. The lowest BCUT2D eigenvalue weighted by Gasteiger charge is -2.44. The van der Waals surface area contributed by atoms with Crippen molar-refractivity contribution in [3.05, 3.63) is 64.7 Å². The molecular weight excluding hydrogens is 378 g/mol. The summed E-state index contributed by atoms with van der Waals surface area (Å²) < 4.78 is 54.3. The second-order valence-electron chi connectivity index (χ2n) is 6.69. The van der Waals surface area contributed by atoms with E-state index in [2.05, 4.69) is 5.32 Å². The van der Waals surface area contributed by atoms with Crippen molar-refractivity contribution in [2.45, 2.75) is 12.5 Å². The van der Waals surface area contributed by atoms with Gasteiger partial charge in [0.15, 0.2) is 17.5 Å². The van der Waals surface area contributed by atoms with Gasteiger partial charge in [0.25, 0.3) is 0 Å². The highest BCUT2D eigenvalue weighted by Crippen LogP contribution is 2.34. The van der Waals surface area contributed by atoms with Gasteiger partial charge in [-0.3, -0.25) is 4.79 Å². The molecule has 1 N–H and O–H groups in total. The van der Waals surface area contributed by atoms with Crippen molar-refractivity contribution >= 4 is 17.6 Å². The average molecular weight is 393 g/mol. The molecule has 28 heavy (non-hydrogen) atoms. The molecule has 0 bridgehead atoms. The molecule has 0 radical (unpaired) electrons. The van der Waals surface area contributed by atoms with Gasteiger partial charge in [0, 0.05) is 13.1 Å². The molecule has 2 heterocycles. The Kier molecular flexibility index (Phi) is 4.44. The van der Waals surface area contributed by atoms with E-state index in [0.717, 1.165) is 11.0 Å². The number of benzene rings is 2. The Hall–Kier alpha value is -3.10. The quantitative estimate of drug-likeness (QED) is 0.598. The highest BCUT2D eigenvalue weighted by Gasteiger charge is 2.39. The Morgan fingerprint density at radius 3 is 2.61 bits per heavy atom. The van der Waals surface area contributed by atoms with E-state index in [0.29, 0.717) is 30.2 Å². The molecule has 2 aliphatic heterocycles. The van der Waals surface area contributed by atoms with Crippen LogP contribution >= 0.6 is 0 Å². The first-order valence-corrected chi connectivity index (χ1v) is 8.63. The molecule has 5 nitrogen and oxygen atoms in total. The van der Waals surface area contributed by atoms with Crippen LogP contribution in [0.5, 0.6) is 0 Å². The summed E-state index contributed by atoms with van der Waals surface area (Å²) in [5.41, 5.74) is 0.593. The second-order valence-corrected chi connectivity index (χ2v) is 6.69. The SMILES string of the molecule is O=C(Nc1ccc(F)c(F)c1F)N1CC(=O)N2CCc3c(F)cccc3[C@@H]2C1. The lowest BCUT2D eigenvalue weighted by Crippen LogP contribution is -2.56. The number of hydrogen-bond acceptors (Lipinski definition) is 2. The van der Waals surface area contributed by atoms with Crippen LogP contribution in [0.25, 0.3) is 0 Å². The van der Waals surface area contributed by atoms with Crippen LogP contribution in [0.2, 0.25) is 0 Å². The number of carbonyl (C=O) groups excluding carboxylic acids is 2. The van der Waals surface area contributed by atoms with E-state index < -0.39 is 35.2 Å². The predicted octanol–water partition coefficient (Wildman–Crippen LogP) is 3.22. The molecular formula is C19H15F4N3O2. The fraction of sp³-hybridized carbons (Fsp3) is 0.263. The van der Waals surface area contributed by atoms with E-state index in [1.54, 1.807) is 11.0 Å². The molecule has 2 aliphatic rings. The Morgan fingerprint density at radius 2 is 1.82 bits per heavy atom. The van der Waals surface area contributed by atoms with Gasteiger partial charge < -0.3 is 15.1 Å². The van der Waals surface area contributed by atoms with E-state index >= 15 is 0 Å². The summed E-state index contributed by atoms with van der Waals surface area (Å²) in [6, 6.07) is 4.82. The molecule has 0 unspecified atom stereocenters. The van der Waals surface area contributed by atoms with Gasteiger partial charge in [-0.1, -0.05) is 12.1 Å². The summed E-state index contributed by atoms with van der Waals surface area (Å²) in [6.45, 7) is 0.155. The van der Waals surface area contributed by atoms with Gasteiger partial charge in [-0.25, -0.2) is 22.4 Å². The number of piperazine rings is 1. The van der Waals surface area contributed by atoms with Crippen molar-refractivity contribution < 1.29 is 27.2 Å². The minimum absolute atomic E-state index is 0.0688. The monoisotopic (exact) mass is 393 g/mol. The summed E-state index contributed by atoms with van der Waals surface area (Å²) in [5, 5.41) is 2.16. The molecule has 1 atom stereocenters. The van der Waals surface area contributed by atoms with E-state index in [9.17, 15) is 27.2 Å². The number of carbonyl (C=O) groups is 2. The van der Waals surface area contributed by atoms with Crippen molar-refractivity contribution in [1.82, 2.24) is 9.80 Å². The van der Waals surface area contributed by atoms with Crippen LogP contribution in [0.1, 0.15) is 17.2 Å². The molecule has 146 valence electrons. The average Bonchev–Trinajstić information content (AvgIpc) is 2.68. The first-order valence-electron chi connectivity index (χ1n) is 8.63. The number of anilines is 1. The maximum absolute atomic E-state index is 14.1. The van der Waals surface area contributed by atoms with Crippen molar-refractivity contribution in [3.8, 4) is 0 Å². The highest BCUT2D eigenvalue weighted by atomic mass is 19.2. The Labute approximate surface area is 157 Å². The van der Waals surface area contributed by atoms with E-state index in [1.165, 1.54) is 12.1 Å². The normalized spacial score (nSPS) is 18.6. The van der Waals surface area contributed by atoms with Crippen LogP contribution in [0.4, 0.5) is 28.0 Å². The molecule has 2 aromatic carbocycles. The van der Waals surface area contributed by atoms with Gasteiger partial charge in [0.05, 0.1) is 11.7 Å². The molecule has 0 aliphatic carbocycles. The Morgan fingerprint density at radius 1 is 1.04 bits per heavy atom. The smallest absolute Gasteiger partial charge is 0.322 e. The van der Waals surface area contributed by atoms with Gasteiger partial charge in [0.2, 0.25) is 5.91 Å². The fourth-order valence-corrected chi connectivity index (χ4v) is 3.70. The number of urea groups is 1. The molecule has 1 fully saturated rings. The van der Waals surface area contributed by atoms with Crippen molar-refractivity contribution in [3.63, 3.8) is 0 Å². The first-order chi connectivity index (χ1) is 13.4. The molecule has 2 aromatic rings. The zero-order valence-electron chi connectivity index (χ0n) is 14.5. The van der Waals surface area contributed by atoms with E-state index in [1.807, 2.05) is 0 Å². The topological polar surface area (TPSA) is 52.7 Å². The van der Waals surface area contributed by atoms with Gasteiger partial charge >= 0.3 is 6.03 Å². The maximum Gasteiger partial charge on any atom is 0.322 e. The van der Waals surface area contributed by atoms with Crippen LogP contribution in [-0.4, -0.2) is 41.4 Å². The third-order valence-corrected chi connectivity index (χ3v) is 5.10. The van der Waals surface area contributed by atoms with Crippen LogP contribution in [0.3, 0.4) is 0 Å². The van der Waals surface area contributed by atoms with E-state index in [4.69, 9.17) is 0 Å². The summed E-state index contributed by atoms with van der Waals surface area (Å²) in [4.78, 5) is 27.7. The highest BCUT2D eigenvalue weighted by molar-refractivity contribution is 5.93. The van der Waals surface area contributed by atoms with Crippen LogP contribution in [0, 0.1) is 23.3 Å². The fourth-order valence-electron chi connectivity index (χ4n) is 3.70.